The second-order valence-corrected chi connectivity index (χ2v) is 9.73. The van der Waals surface area contributed by atoms with Gasteiger partial charge in [0.15, 0.2) is 0 Å². The first kappa shape index (κ1) is 24.6. The third kappa shape index (κ3) is 6.15. The fourth-order valence-electron chi connectivity index (χ4n) is 4.11. The highest BCUT2D eigenvalue weighted by Crippen LogP contribution is 2.36. The first-order valence-electron chi connectivity index (χ1n) is 11.6. The van der Waals surface area contributed by atoms with E-state index in [1.807, 2.05) is 57.2 Å². The van der Waals surface area contributed by atoms with Gasteiger partial charge in [-0.15, -0.1) is 0 Å². The van der Waals surface area contributed by atoms with Gasteiger partial charge < -0.3 is 15.0 Å². The quantitative estimate of drug-likeness (QED) is 0.425. The van der Waals surface area contributed by atoms with Crippen molar-refractivity contribution in [3.05, 3.63) is 89.0 Å². The molecule has 0 saturated heterocycles. The molecule has 35 heavy (non-hydrogen) atoms. The maximum atomic E-state index is 13.1. The van der Waals surface area contributed by atoms with Crippen LogP contribution >= 0.6 is 0 Å². The number of anilines is 1. The summed E-state index contributed by atoms with van der Waals surface area (Å²) in [6.45, 7) is 7.00. The van der Waals surface area contributed by atoms with Crippen molar-refractivity contribution in [1.29, 1.82) is 0 Å². The zero-order valence-electron chi connectivity index (χ0n) is 20.1. The van der Waals surface area contributed by atoms with Crippen LogP contribution in [0, 0.1) is 0 Å². The molecule has 0 aromatic heterocycles. The molecule has 1 amide bonds. The molecule has 0 aliphatic carbocycles. The molecule has 0 atom stereocenters. The molecule has 184 valence electrons. The minimum Gasteiger partial charge on any atom is -0.444 e. The van der Waals surface area contributed by atoms with Crippen molar-refractivity contribution < 1.29 is 22.7 Å². The van der Waals surface area contributed by atoms with E-state index in [0.717, 1.165) is 40.1 Å². The van der Waals surface area contributed by atoms with Crippen LogP contribution in [0.15, 0.2) is 66.7 Å². The summed E-state index contributed by atoms with van der Waals surface area (Å²) in [5.41, 5.74) is 4.20. The number of nitrogens with one attached hydrogen (secondary N) is 1. The van der Waals surface area contributed by atoms with Crippen LogP contribution in [-0.2, 0) is 30.4 Å². The lowest BCUT2D eigenvalue weighted by atomic mass is 9.92. The summed E-state index contributed by atoms with van der Waals surface area (Å²) in [5.74, 6) is 0. The SMILES string of the molecule is CC(C)(C)OC(=O)N1CCc2cc(NCc3ccccc3)c(-c3ccc(C(F)(F)F)cc3)cc2C1. The second-order valence-electron chi connectivity index (χ2n) is 9.73. The molecule has 3 aromatic rings. The summed E-state index contributed by atoms with van der Waals surface area (Å²) < 4.78 is 44.9. The standard InChI is InChI=1S/C28H29F3N2O2/c1-27(2,3)35-26(34)33-14-13-21-16-25(32-17-19-7-5-4-6-8-19)24(15-22(21)18-33)20-9-11-23(12-10-20)28(29,30)31/h4-12,15-16,32H,13-14,17-18H2,1-3H3. The first-order chi connectivity index (χ1) is 16.5. The number of hydrogen-bond donors (Lipinski definition) is 1. The Morgan fingerprint density at radius 3 is 2.29 bits per heavy atom. The number of halogens is 3. The molecule has 0 fully saturated rings. The highest BCUT2D eigenvalue weighted by Gasteiger charge is 2.30. The topological polar surface area (TPSA) is 41.6 Å². The monoisotopic (exact) mass is 482 g/mol. The summed E-state index contributed by atoms with van der Waals surface area (Å²) in [6.07, 6.45) is -4.09. The van der Waals surface area contributed by atoms with E-state index in [9.17, 15) is 18.0 Å². The molecular weight excluding hydrogens is 453 g/mol. The third-order valence-electron chi connectivity index (χ3n) is 5.85. The molecule has 7 heteroatoms. The molecule has 0 spiro atoms. The largest absolute Gasteiger partial charge is 0.444 e. The van der Waals surface area contributed by atoms with Crippen LogP contribution in [0.1, 0.15) is 43.0 Å². The van der Waals surface area contributed by atoms with Crippen LogP contribution in [0.5, 0.6) is 0 Å². The number of amides is 1. The van der Waals surface area contributed by atoms with Gasteiger partial charge >= 0.3 is 12.3 Å². The first-order valence-corrected chi connectivity index (χ1v) is 11.6. The van der Waals surface area contributed by atoms with Crippen molar-refractivity contribution >= 4 is 11.8 Å². The molecular formula is C28H29F3N2O2. The molecule has 1 aliphatic rings. The lowest BCUT2D eigenvalue weighted by Gasteiger charge is -2.32. The number of alkyl halides is 3. The van der Waals surface area contributed by atoms with Gasteiger partial charge in [-0.25, -0.2) is 4.79 Å². The lowest BCUT2D eigenvalue weighted by molar-refractivity contribution is -0.137. The fraction of sp³-hybridized carbons (Fsp3) is 0.321. The Balaban J connectivity index is 1.67. The number of rotatable bonds is 4. The van der Waals surface area contributed by atoms with Crippen molar-refractivity contribution in [3.63, 3.8) is 0 Å². The lowest BCUT2D eigenvalue weighted by Crippen LogP contribution is -2.39. The van der Waals surface area contributed by atoms with Crippen LogP contribution in [0.4, 0.5) is 23.7 Å². The zero-order chi connectivity index (χ0) is 25.2. The predicted octanol–water partition coefficient (Wildman–Crippen LogP) is 7.28. The van der Waals surface area contributed by atoms with Crippen LogP contribution in [0.3, 0.4) is 0 Å². The van der Waals surface area contributed by atoms with Crippen LogP contribution in [-0.4, -0.2) is 23.1 Å². The van der Waals surface area contributed by atoms with E-state index >= 15 is 0 Å². The number of carbonyl (C=O) groups excluding carboxylic acids is 1. The summed E-state index contributed by atoms with van der Waals surface area (Å²) >= 11 is 0. The van der Waals surface area contributed by atoms with Crippen molar-refractivity contribution in [1.82, 2.24) is 4.90 Å². The molecule has 4 rings (SSSR count). The van der Waals surface area contributed by atoms with E-state index in [2.05, 4.69) is 11.4 Å². The van der Waals surface area contributed by atoms with E-state index < -0.39 is 17.3 Å². The Hall–Kier alpha value is -3.48. The van der Waals surface area contributed by atoms with E-state index in [-0.39, 0.29) is 6.09 Å². The predicted molar refractivity (Wildman–Crippen MR) is 131 cm³/mol. The Kier molecular flexibility index (Phi) is 6.79. The molecule has 1 aliphatic heterocycles. The maximum absolute atomic E-state index is 13.1. The Labute approximate surface area is 203 Å². The van der Waals surface area contributed by atoms with E-state index in [1.54, 1.807) is 4.90 Å². The molecule has 0 radical (unpaired) electrons. The molecule has 1 heterocycles. The van der Waals surface area contributed by atoms with Gasteiger partial charge in [-0.2, -0.15) is 13.2 Å². The van der Waals surface area contributed by atoms with Crippen LogP contribution < -0.4 is 5.32 Å². The molecule has 0 saturated carbocycles. The number of nitrogens with zero attached hydrogens (tertiary/aromatic N) is 1. The minimum absolute atomic E-state index is 0.370. The number of carbonyl (C=O) groups is 1. The fourth-order valence-corrected chi connectivity index (χ4v) is 4.11. The summed E-state index contributed by atoms with van der Waals surface area (Å²) in [5, 5.41) is 3.46. The van der Waals surface area contributed by atoms with Crippen LogP contribution in [0.2, 0.25) is 0 Å². The van der Waals surface area contributed by atoms with Crippen molar-refractivity contribution in [2.24, 2.45) is 0 Å². The molecule has 0 bridgehead atoms. The minimum atomic E-state index is -4.39. The molecule has 3 aromatic carbocycles. The molecule has 0 unspecified atom stereocenters. The number of ether oxygens (including phenoxy) is 1. The normalized spacial score (nSPS) is 13.8. The van der Waals surface area contributed by atoms with E-state index in [4.69, 9.17) is 4.74 Å². The Morgan fingerprint density at radius 1 is 0.971 bits per heavy atom. The van der Waals surface area contributed by atoms with Gasteiger partial charge in [0.05, 0.1) is 5.56 Å². The van der Waals surface area contributed by atoms with Gasteiger partial charge in [-0.05, 0) is 73.7 Å². The highest BCUT2D eigenvalue weighted by molar-refractivity contribution is 5.80. The van der Waals surface area contributed by atoms with Gasteiger partial charge in [-0.1, -0.05) is 42.5 Å². The van der Waals surface area contributed by atoms with Gasteiger partial charge in [-0.3, -0.25) is 0 Å². The third-order valence-corrected chi connectivity index (χ3v) is 5.85. The second kappa shape index (κ2) is 9.64. The summed E-state index contributed by atoms with van der Waals surface area (Å²) in [4.78, 5) is 14.3. The van der Waals surface area contributed by atoms with Crippen molar-refractivity contribution in [3.8, 4) is 11.1 Å². The number of hydrogen-bond acceptors (Lipinski definition) is 3. The maximum Gasteiger partial charge on any atom is 0.416 e. The van der Waals surface area contributed by atoms with Crippen LogP contribution in [0.25, 0.3) is 11.1 Å². The van der Waals surface area contributed by atoms with Crippen molar-refractivity contribution in [2.75, 3.05) is 11.9 Å². The highest BCUT2D eigenvalue weighted by atomic mass is 19.4. The zero-order valence-corrected chi connectivity index (χ0v) is 20.1. The van der Waals surface area contributed by atoms with E-state index in [1.165, 1.54) is 12.1 Å². The Bertz CT molecular complexity index is 1180. The van der Waals surface area contributed by atoms with Gasteiger partial charge in [0, 0.05) is 30.9 Å². The average molecular weight is 483 g/mol. The van der Waals surface area contributed by atoms with Gasteiger partial charge in [0.25, 0.3) is 0 Å². The van der Waals surface area contributed by atoms with Crippen molar-refractivity contribution in [2.45, 2.75) is 52.1 Å². The molecule has 1 N–H and O–H groups in total. The summed E-state index contributed by atoms with van der Waals surface area (Å²) in [7, 11) is 0. The summed E-state index contributed by atoms with van der Waals surface area (Å²) in [6, 6.07) is 19.1. The van der Waals surface area contributed by atoms with E-state index in [0.29, 0.717) is 31.6 Å². The Morgan fingerprint density at radius 2 is 1.66 bits per heavy atom. The molecule has 4 nitrogen and oxygen atoms in total. The smallest absolute Gasteiger partial charge is 0.416 e. The number of benzene rings is 3. The van der Waals surface area contributed by atoms with Gasteiger partial charge in [0.2, 0.25) is 0 Å². The van der Waals surface area contributed by atoms with Gasteiger partial charge in [0.1, 0.15) is 5.60 Å². The number of fused-ring (bicyclic) bond motifs is 1. The average Bonchev–Trinajstić information content (AvgIpc) is 2.81.